The van der Waals surface area contributed by atoms with Crippen LogP contribution in [0, 0.1) is 0 Å². The first kappa shape index (κ1) is 7.17. The number of rotatable bonds is 2. The molecular formula is C5H10N2O. The Balaban J connectivity index is 3.72. The van der Waals surface area contributed by atoms with E-state index in [-0.39, 0.29) is 6.61 Å². The molecule has 0 aromatic carbocycles. The number of nitrogens with zero attached hydrogens (tertiary/aromatic N) is 1. The van der Waals surface area contributed by atoms with Crippen molar-refractivity contribution in [3.63, 3.8) is 0 Å². The van der Waals surface area contributed by atoms with Gasteiger partial charge in [-0.25, -0.2) is 4.99 Å². The smallest absolute Gasteiger partial charge is 0.0857 e. The normalized spacial score (nSPS) is 13.0. The molecule has 8 heavy (non-hydrogen) atoms. The molecule has 0 saturated heterocycles. The van der Waals surface area contributed by atoms with Gasteiger partial charge >= 0.3 is 0 Å². The van der Waals surface area contributed by atoms with Gasteiger partial charge in [0.1, 0.15) is 0 Å². The topological polar surface area (TPSA) is 58.6 Å². The zero-order chi connectivity index (χ0) is 6.41. The van der Waals surface area contributed by atoms with E-state index in [1.807, 2.05) is 0 Å². The van der Waals surface area contributed by atoms with E-state index in [0.29, 0.717) is 5.70 Å². The monoisotopic (exact) mass is 114 g/mol. The summed E-state index contributed by atoms with van der Waals surface area (Å²) in [7, 11) is 0. The average Bonchev–Trinajstić information content (AvgIpc) is 1.83. The number of nitrogens with two attached hydrogens (primary N) is 1. The van der Waals surface area contributed by atoms with E-state index in [1.165, 1.54) is 0 Å². The minimum Gasteiger partial charge on any atom is -0.390 e. The molecule has 0 unspecified atom stereocenters. The van der Waals surface area contributed by atoms with Crippen LogP contribution in [0.3, 0.4) is 0 Å². The molecule has 0 saturated carbocycles. The fourth-order valence-electron chi connectivity index (χ4n) is 0.302. The van der Waals surface area contributed by atoms with Gasteiger partial charge in [0, 0.05) is 0 Å². The summed E-state index contributed by atoms with van der Waals surface area (Å²) in [6.45, 7) is 1.74. The SMILES string of the molecule is C/C=C(/CO)N=CN. The summed E-state index contributed by atoms with van der Waals surface area (Å²) in [5, 5.41) is 8.42. The number of allylic oxidation sites excluding steroid dienone is 1. The van der Waals surface area contributed by atoms with Gasteiger partial charge in [-0.1, -0.05) is 6.08 Å². The van der Waals surface area contributed by atoms with E-state index < -0.39 is 0 Å². The van der Waals surface area contributed by atoms with Crippen molar-refractivity contribution in [2.45, 2.75) is 6.92 Å². The molecule has 0 heterocycles. The molecular weight excluding hydrogens is 104 g/mol. The summed E-state index contributed by atoms with van der Waals surface area (Å²) in [5.74, 6) is 0. The van der Waals surface area contributed by atoms with Gasteiger partial charge in [-0.15, -0.1) is 0 Å². The second kappa shape index (κ2) is 4.33. The lowest BCUT2D eigenvalue weighted by molar-refractivity contribution is 0.330. The Hall–Kier alpha value is -0.830. The van der Waals surface area contributed by atoms with E-state index in [1.54, 1.807) is 13.0 Å². The molecule has 3 heteroatoms. The van der Waals surface area contributed by atoms with Gasteiger partial charge in [0.2, 0.25) is 0 Å². The molecule has 3 nitrogen and oxygen atoms in total. The van der Waals surface area contributed by atoms with Crippen LogP contribution in [0.15, 0.2) is 16.8 Å². The number of hydrogen-bond donors (Lipinski definition) is 2. The van der Waals surface area contributed by atoms with E-state index in [9.17, 15) is 0 Å². The minimum atomic E-state index is -0.0514. The van der Waals surface area contributed by atoms with E-state index in [0.717, 1.165) is 6.34 Å². The molecule has 0 spiro atoms. The Bertz CT molecular complexity index is 104. The van der Waals surface area contributed by atoms with Crippen molar-refractivity contribution in [3.8, 4) is 0 Å². The molecule has 0 bridgehead atoms. The molecule has 46 valence electrons. The number of aliphatic hydroxyl groups excluding tert-OH is 1. The highest BCUT2D eigenvalue weighted by Crippen LogP contribution is 1.90. The number of aliphatic imine (C=N–C) groups is 1. The van der Waals surface area contributed by atoms with Gasteiger partial charge in [-0.2, -0.15) is 0 Å². The fraction of sp³-hybridized carbons (Fsp3) is 0.400. The van der Waals surface area contributed by atoms with Crippen molar-refractivity contribution in [2.24, 2.45) is 10.7 Å². The summed E-state index contributed by atoms with van der Waals surface area (Å²) >= 11 is 0. The maximum absolute atomic E-state index is 8.42. The lowest BCUT2D eigenvalue weighted by Gasteiger charge is -1.89. The standard InChI is InChI=1S/C5H10N2O/c1-2-5(3-8)7-4-6/h2,4,8H,3H2,1H3,(H2,6,7)/b5-2-. The Labute approximate surface area is 48.5 Å². The highest BCUT2D eigenvalue weighted by Gasteiger charge is 1.82. The van der Waals surface area contributed by atoms with Gasteiger partial charge < -0.3 is 10.8 Å². The van der Waals surface area contributed by atoms with Crippen LogP contribution in [-0.4, -0.2) is 18.1 Å². The molecule has 0 amide bonds. The van der Waals surface area contributed by atoms with Crippen molar-refractivity contribution >= 4 is 6.34 Å². The Morgan fingerprint density at radius 2 is 2.50 bits per heavy atom. The molecule has 0 aliphatic carbocycles. The van der Waals surface area contributed by atoms with Crippen molar-refractivity contribution < 1.29 is 5.11 Å². The predicted octanol–water partition coefficient (Wildman–Crippen LogP) is -0.130. The van der Waals surface area contributed by atoms with Crippen LogP contribution in [0.1, 0.15) is 6.92 Å². The molecule has 0 atom stereocenters. The molecule has 0 aromatic rings. The largest absolute Gasteiger partial charge is 0.390 e. The summed E-state index contributed by atoms with van der Waals surface area (Å²) in [5.41, 5.74) is 5.53. The van der Waals surface area contributed by atoms with Crippen molar-refractivity contribution in [2.75, 3.05) is 6.61 Å². The van der Waals surface area contributed by atoms with Gasteiger partial charge in [-0.3, -0.25) is 0 Å². The highest BCUT2D eigenvalue weighted by molar-refractivity contribution is 5.53. The van der Waals surface area contributed by atoms with Crippen LogP contribution in [0.5, 0.6) is 0 Å². The van der Waals surface area contributed by atoms with Crippen molar-refractivity contribution in [3.05, 3.63) is 11.8 Å². The summed E-state index contributed by atoms with van der Waals surface area (Å²) in [6.07, 6.45) is 2.86. The molecule has 0 radical (unpaired) electrons. The molecule has 0 fully saturated rings. The third-order valence-electron chi connectivity index (χ3n) is 0.736. The first-order valence-electron chi connectivity index (χ1n) is 2.35. The van der Waals surface area contributed by atoms with Gasteiger partial charge in [0.25, 0.3) is 0 Å². The van der Waals surface area contributed by atoms with Crippen LogP contribution >= 0.6 is 0 Å². The first-order chi connectivity index (χ1) is 3.85. The maximum atomic E-state index is 8.42. The second-order valence-electron chi connectivity index (χ2n) is 1.22. The average molecular weight is 114 g/mol. The van der Waals surface area contributed by atoms with Gasteiger partial charge in [0.15, 0.2) is 0 Å². The second-order valence-corrected chi connectivity index (χ2v) is 1.22. The molecule has 3 N–H and O–H groups in total. The van der Waals surface area contributed by atoms with Crippen molar-refractivity contribution in [1.82, 2.24) is 0 Å². The number of aliphatic hydroxyl groups is 1. The third kappa shape index (κ3) is 2.36. The van der Waals surface area contributed by atoms with Crippen LogP contribution < -0.4 is 5.73 Å². The number of hydrogen-bond acceptors (Lipinski definition) is 2. The van der Waals surface area contributed by atoms with Crippen LogP contribution in [0.4, 0.5) is 0 Å². The zero-order valence-electron chi connectivity index (χ0n) is 4.83. The Kier molecular flexibility index (Phi) is 3.88. The maximum Gasteiger partial charge on any atom is 0.0857 e. The summed E-state index contributed by atoms with van der Waals surface area (Å²) < 4.78 is 0. The summed E-state index contributed by atoms with van der Waals surface area (Å²) in [4.78, 5) is 3.62. The molecule has 0 aromatic heterocycles. The molecule has 0 aliphatic heterocycles. The highest BCUT2D eigenvalue weighted by atomic mass is 16.3. The van der Waals surface area contributed by atoms with Crippen LogP contribution in [0.25, 0.3) is 0 Å². The van der Waals surface area contributed by atoms with Crippen LogP contribution in [0.2, 0.25) is 0 Å². The molecule has 0 aliphatic rings. The lowest BCUT2D eigenvalue weighted by Crippen LogP contribution is -1.92. The Morgan fingerprint density at radius 1 is 1.88 bits per heavy atom. The minimum absolute atomic E-state index is 0.0514. The zero-order valence-corrected chi connectivity index (χ0v) is 4.83. The van der Waals surface area contributed by atoms with Gasteiger partial charge in [0.05, 0.1) is 18.6 Å². The van der Waals surface area contributed by atoms with Crippen LogP contribution in [-0.2, 0) is 0 Å². The predicted molar refractivity (Wildman–Crippen MR) is 33.5 cm³/mol. The van der Waals surface area contributed by atoms with E-state index >= 15 is 0 Å². The fourth-order valence-corrected chi connectivity index (χ4v) is 0.302. The third-order valence-corrected chi connectivity index (χ3v) is 0.736. The van der Waals surface area contributed by atoms with Gasteiger partial charge in [-0.05, 0) is 6.92 Å². The molecule has 0 rings (SSSR count). The first-order valence-corrected chi connectivity index (χ1v) is 2.35. The Morgan fingerprint density at radius 3 is 2.62 bits per heavy atom. The summed E-state index contributed by atoms with van der Waals surface area (Å²) in [6, 6.07) is 0. The lowest BCUT2D eigenvalue weighted by atomic mass is 10.4. The van der Waals surface area contributed by atoms with Crippen molar-refractivity contribution in [1.29, 1.82) is 0 Å². The van der Waals surface area contributed by atoms with E-state index in [4.69, 9.17) is 10.8 Å². The van der Waals surface area contributed by atoms with E-state index in [2.05, 4.69) is 4.99 Å². The quantitative estimate of drug-likeness (QED) is 0.388.